The molecule has 2 unspecified atom stereocenters. The molecular weight excluding hydrogens is 196 g/mol. The summed E-state index contributed by atoms with van der Waals surface area (Å²) in [7, 11) is 0. The van der Waals surface area contributed by atoms with Gasteiger partial charge in [0, 0.05) is 24.2 Å². The summed E-state index contributed by atoms with van der Waals surface area (Å²) in [5.41, 5.74) is 0. The zero-order chi connectivity index (χ0) is 9.97. The summed E-state index contributed by atoms with van der Waals surface area (Å²) in [6.07, 6.45) is 5.64. The minimum absolute atomic E-state index is 0.350. The number of nitrogens with zero attached hydrogens (tertiary/aromatic N) is 2. The van der Waals surface area contributed by atoms with Gasteiger partial charge >= 0.3 is 0 Å². The van der Waals surface area contributed by atoms with Crippen LogP contribution in [-0.2, 0) is 6.54 Å². The molecule has 0 spiro atoms. The Hall–Kier alpha value is -0.480. The van der Waals surface area contributed by atoms with E-state index in [9.17, 15) is 5.11 Å². The molecule has 2 rings (SSSR count). The first kappa shape index (κ1) is 10.1. The second-order valence-electron chi connectivity index (χ2n) is 3.57. The highest BCUT2D eigenvalue weighted by Crippen LogP contribution is 2.35. The zero-order valence-electron chi connectivity index (χ0n) is 8.39. The summed E-state index contributed by atoms with van der Waals surface area (Å²) in [4.78, 5) is 4.23. The molecule has 3 nitrogen and oxygen atoms in total. The van der Waals surface area contributed by atoms with E-state index in [2.05, 4.69) is 11.9 Å². The minimum atomic E-state index is -0.391. The van der Waals surface area contributed by atoms with E-state index in [-0.39, 0.29) is 0 Å². The smallest absolute Gasteiger partial charge is 0.138 e. The van der Waals surface area contributed by atoms with Crippen molar-refractivity contribution in [3.63, 3.8) is 0 Å². The van der Waals surface area contributed by atoms with E-state index >= 15 is 0 Å². The molecule has 1 aliphatic heterocycles. The maximum absolute atomic E-state index is 10.1. The fourth-order valence-corrected chi connectivity index (χ4v) is 3.15. The van der Waals surface area contributed by atoms with Crippen LogP contribution >= 0.6 is 11.8 Å². The third-order valence-electron chi connectivity index (χ3n) is 2.67. The Kier molecular flexibility index (Phi) is 3.13. The van der Waals surface area contributed by atoms with Gasteiger partial charge in [0.25, 0.3) is 0 Å². The Morgan fingerprint density at radius 3 is 3.29 bits per heavy atom. The standard InChI is InChI=1S/C10H16N2OS/c1-2-12-6-5-11-10(12)9(13)8-4-3-7-14-8/h5-6,8-9,13H,2-4,7H2,1H3. The normalized spacial score (nSPS) is 24.0. The summed E-state index contributed by atoms with van der Waals surface area (Å²) < 4.78 is 2.02. The van der Waals surface area contributed by atoms with Gasteiger partial charge in [0.05, 0.1) is 0 Å². The van der Waals surface area contributed by atoms with Crippen molar-refractivity contribution >= 4 is 11.8 Å². The van der Waals surface area contributed by atoms with Crippen LogP contribution in [0.1, 0.15) is 31.7 Å². The number of aliphatic hydroxyl groups excluding tert-OH is 1. The SMILES string of the molecule is CCn1ccnc1C(O)C1CCCS1. The third kappa shape index (κ3) is 1.81. The van der Waals surface area contributed by atoms with Gasteiger partial charge in [-0.2, -0.15) is 11.8 Å². The lowest BCUT2D eigenvalue weighted by molar-refractivity contribution is 0.159. The number of imidazole rings is 1. The van der Waals surface area contributed by atoms with E-state index < -0.39 is 6.10 Å². The van der Waals surface area contributed by atoms with Crippen molar-refractivity contribution in [2.75, 3.05) is 5.75 Å². The molecule has 14 heavy (non-hydrogen) atoms. The maximum atomic E-state index is 10.1. The minimum Gasteiger partial charge on any atom is -0.384 e. The van der Waals surface area contributed by atoms with E-state index in [1.807, 2.05) is 22.5 Å². The first-order valence-electron chi connectivity index (χ1n) is 5.13. The number of aryl methyl sites for hydroxylation is 1. The van der Waals surface area contributed by atoms with E-state index in [1.165, 1.54) is 12.2 Å². The topological polar surface area (TPSA) is 38.0 Å². The van der Waals surface area contributed by atoms with Gasteiger partial charge < -0.3 is 9.67 Å². The average Bonchev–Trinajstić information content (AvgIpc) is 2.87. The molecule has 1 N–H and O–H groups in total. The van der Waals surface area contributed by atoms with Crippen LogP contribution in [0.5, 0.6) is 0 Å². The molecule has 0 saturated carbocycles. The molecule has 1 fully saturated rings. The number of hydrogen-bond donors (Lipinski definition) is 1. The quantitative estimate of drug-likeness (QED) is 0.830. The van der Waals surface area contributed by atoms with E-state index in [4.69, 9.17) is 0 Å². The first-order chi connectivity index (χ1) is 6.83. The molecule has 0 aliphatic carbocycles. The fourth-order valence-electron chi connectivity index (χ4n) is 1.87. The number of rotatable bonds is 3. The molecule has 0 radical (unpaired) electrons. The Morgan fingerprint density at radius 1 is 1.79 bits per heavy atom. The van der Waals surface area contributed by atoms with E-state index in [1.54, 1.807) is 6.20 Å². The van der Waals surface area contributed by atoms with Crippen molar-refractivity contribution in [3.8, 4) is 0 Å². The lowest BCUT2D eigenvalue weighted by Crippen LogP contribution is -2.16. The van der Waals surface area contributed by atoms with Crippen LogP contribution in [0.2, 0.25) is 0 Å². The molecule has 1 aromatic heterocycles. The van der Waals surface area contributed by atoms with Crippen molar-refractivity contribution in [1.82, 2.24) is 9.55 Å². The first-order valence-corrected chi connectivity index (χ1v) is 6.18. The van der Waals surface area contributed by atoms with Crippen molar-refractivity contribution in [2.45, 2.75) is 37.7 Å². The van der Waals surface area contributed by atoms with Crippen LogP contribution in [0.4, 0.5) is 0 Å². The second kappa shape index (κ2) is 4.36. The maximum Gasteiger partial charge on any atom is 0.138 e. The molecule has 2 heterocycles. The van der Waals surface area contributed by atoms with Gasteiger partial charge in [-0.3, -0.25) is 0 Å². The highest BCUT2D eigenvalue weighted by Gasteiger charge is 2.27. The Bertz CT molecular complexity index is 294. The van der Waals surface area contributed by atoms with Crippen LogP contribution < -0.4 is 0 Å². The molecule has 78 valence electrons. The Morgan fingerprint density at radius 2 is 2.64 bits per heavy atom. The number of hydrogen-bond acceptors (Lipinski definition) is 3. The Labute approximate surface area is 88.5 Å². The van der Waals surface area contributed by atoms with E-state index in [0.717, 1.165) is 18.8 Å². The van der Waals surface area contributed by atoms with Crippen LogP contribution in [0.15, 0.2) is 12.4 Å². The van der Waals surface area contributed by atoms with Gasteiger partial charge in [0.1, 0.15) is 11.9 Å². The van der Waals surface area contributed by atoms with Gasteiger partial charge in [-0.25, -0.2) is 4.98 Å². The molecular formula is C10H16N2OS. The largest absolute Gasteiger partial charge is 0.384 e. The summed E-state index contributed by atoms with van der Waals surface area (Å²) in [6.45, 7) is 2.95. The molecule has 0 bridgehead atoms. The molecule has 1 aliphatic rings. The number of thioether (sulfide) groups is 1. The predicted molar refractivity (Wildman–Crippen MR) is 58.3 cm³/mol. The molecule has 4 heteroatoms. The van der Waals surface area contributed by atoms with Gasteiger partial charge in [-0.05, 0) is 25.5 Å². The second-order valence-corrected chi connectivity index (χ2v) is 4.91. The zero-order valence-corrected chi connectivity index (χ0v) is 9.20. The van der Waals surface area contributed by atoms with Crippen LogP contribution in [0, 0.1) is 0 Å². The Balaban J connectivity index is 2.12. The van der Waals surface area contributed by atoms with Crippen molar-refractivity contribution < 1.29 is 5.11 Å². The monoisotopic (exact) mass is 212 g/mol. The van der Waals surface area contributed by atoms with Gasteiger partial charge in [0.15, 0.2) is 0 Å². The van der Waals surface area contributed by atoms with Gasteiger partial charge in [-0.15, -0.1) is 0 Å². The molecule has 2 atom stereocenters. The van der Waals surface area contributed by atoms with Crippen molar-refractivity contribution in [2.24, 2.45) is 0 Å². The highest BCUT2D eigenvalue weighted by atomic mass is 32.2. The predicted octanol–water partition coefficient (Wildman–Crippen LogP) is 1.83. The van der Waals surface area contributed by atoms with Crippen molar-refractivity contribution in [3.05, 3.63) is 18.2 Å². The summed E-state index contributed by atoms with van der Waals surface area (Å²) >= 11 is 1.86. The average molecular weight is 212 g/mol. The summed E-state index contributed by atoms with van der Waals surface area (Å²) in [5.74, 6) is 2.00. The third-order valence-corrected chi connectivity index (χ3v) is 4.12. The number of aliphatic hydroxyl groups is 1. The lowest BCUT2D eigenvalue weighted by Gasteiger charge is -2.17. The van der Waals surface area contributed by atoms with Crippen LogP contribution in [0.25, 0.3) is 0 Å². The number of aromatic nitrogens is 2. The summed E-state index contributed by atoms with van der Waals surface area (Å²) in [6, 6.07) is 0. The summed E-state index contributed by atoms with van der Waals surface area (Å²) in [5, 5.41) is 10.5. The van der Waals surface area contributed by atoms with Crippen LogP contribution in [0.3, 0.4) is 0 Å². The highest BCUT2D eigenvalue weighted by molar-refractivity contribution is 8.00. The van der Waals surface area contributed by atoms with Crippen LogP contribution in [-0.4, -0.2) is 25.7 Å². The van der Waals surface area contributed by atoms with Crippen molar-refractivity contribution in [1.29, 1.82) is 0 Å². The lowest BCUT2D eigenvalue weighted by atomic mass is 10.1. The fraction of sp³-hybridized carbons (Fsp3) is 0.700. The molecule has 1 saturated heterocycles. The van der Waals surface area contributed by atoms with E-state index in [0.29, 0.717) is 5.25 Å². The molecule has 1 aromatic rings. The molecule has 0 amide bonds. The molecule has 0 aromatic carbocycles. The van der Waals surface area contributed by atoms with Gasteiger partial charge in [0.2, 0.25) is 0 Å². The van der Waals surface area contributed by atoms with Gasteiger partial charge in [-0.1, -0.05) is 0 Å².